The summed E-state index contributed by atoms with van der Waals surface area (Å²) in [7, 11) is 0. The third-order valence-electron chi connectivity index (χ3n) is 13.7. The zero-order chi connectivity index (χ0) is 44.9. The summed E-state index contributed by atoms with van der Waals surface area (Å²) < 4.78 is 19.9. The first-order valence-corrected chi connectivity index (χ1v) is 23.3. The van der Waals surface area contributed by atoms with Crippen molar-refractivity contribution in [2.75, 3.05) is 9.80 Å². The lowest BCUT2D eigenvalue weighted by atomic mass is 10.0. The summed E-state index contributed by atoms with van der Waals surface area (Å²) in [4.78, 5) is 4.63. The maximum atomic E-state index is 6.68. The van der Waals surface area contributed by atoms with E-state index < -0.39 is 0 Å². The lowest BCUT2D eigenvalue weighted by molar-refractivity contribution is 0.656. The molecule has 67 heavy (non-hydrogen) atoms. The van der Waals surface area contributed by atoms with Crippen molar-refractivity contribution in [3.63, 3.8) is 0 Å². The second-order valence-electron chi connectivity index (χ2n) is 18.6. The van der Waals surface area contributed by atoms with Crippen molar-refractivity contribution in [1.29, 1.82) is 0 Å². The average Bonchev–Trinajstić information content (AvgIpc) is 4.03. The van der Waals surface area contributed by atoms with Crippen molar-refractivity contribution in [2.45, 2.75) is 39.5 Å². The average molecular weight is 867 g/mol. The van der Waals surface area contributed by atoms with Gasteiger partial charge < -0.3 is 23.1 Å². The van der Waals surface area contributed by atoms with Crippen LogP contribution in [0.3, 0.4) is 0 Å². The SMILES string of the molecule is CC(C)c1ccc(N(c2ccc(C(C)C)cc2)c2ccc3cc4c(cc3c2)oc2cc3oc5cc6cc(N(c7ccccc7)c7cccc8c7oc7ccccc78)ccc6cc5c3cc24)cc1. The fourth-order valence-corrected chi connectivity index (χ4v) is 10.2. The zero-order valence-electron chi connectivity index (χ0n) is 37.7. The van der Waals surface area contributed by atoms with Crippen molar-refractivity contribution in [3.05, 3.63) is 205 Å². The van der Waals surface area contributed by atoms with Gasteiger partial charge in [0.05, 0.1) is 5.69 Å². The van der Waals surface area contributed by atoms with Crippen LogP contribution in [0.15, 0.2) is 207 Å². The Morgan fingerprint density at radius 3 is 1.36 bits per heavy atom. The van der Waals surface area contributed by atoms with E-state index in [9.17, 15) is 0 Å². The predicted molar refractivity (Wildman–Crippen MR) is 281 cm³/mol. The van der Waals surface area contributed by atoms with Gasteiger partial charge in [-0.3, -0.25) is 0 Å². The van der Waals surface area contributed by atoms with Crippen molar-refractivity contribution in [1.82, 2.24) is 0 Å². The van der Waals surface area contributed by atoms with E-state index in [0.717, 1.165) is 121 Å². The quantitative estimate of drug-likeness (QED) is 0.152. The Hall–Kier alpha value is -8.28. The number of fused-ring (bicyclic) bond motifs is 11. The van der Waals surface area contributed by atoms with Gasteiger partial charge >= 0.3 is 0 Å². The predicted octanol–water partition coefficient (Wildman–Crippen LogP) is 18.9. The fraction of sp³-hybridized carbons (Fsp3) is 0.0968. The Morgan fingerprint density at radius 1 is 0.299 bits per heavy atom. The molecule has 0 atom stereocenters. The molecule has 0 spiro atoms. The molecule has 5 nitrogen and oxygen atoms in total. The number of benzene rings is 10. The molecule has 13 rings (SSSR count). The summed E-state index contributed by atoms with van der Waals surface area (Å²) in [6.07, 6.45) is 0. The lowest BCUT2D eigenvalue weighted by Crippen LogP contribution is -2.10. The van der Waals surface area contributed by atoms with Gasteiger partial charge in [-0.15, -0.1) is 0 Å². The molecule has 0 saturated carbocycles. The molecule has 3 heterocycles. The Morgan fingerprint density at radius 2 is 0.776 bits per heavy atom. The van der Waals surface area contributed by atoms with Crippen molar-refractivity contribution >= 4 is 121 Å². The van der Waals surface area contributed by atoms with Crippen LogP contribution in [0.25, 0.3) is 87.4 Å². The van der Waals surface area contributed by atoms with Crippen LogP contribution in [0.2, 0.25) is 0 Å². The molecule has 13 aromatic rings. The van der Waals surface area contributed by atoms with Crippen LogP contribution in [0.1, 0.15) is 50.7 Å². The summed E-state index contributed by atoms with van der Waals surface area (Å²) >= 11 is 0. The maximum Gasteiger partial charge on any atom is 0.159 e. The summed E-state index contributed by atoms with van der Waals surface area (Å²) in [5.74, 6) is 0.928. The third-order valence-corrected chi connectivity index (χ3v) is 13.7. The van der Waals surface area contributed by atoms with E-state index >= 15 is 0 Å². The van der Waals surface area contributed by atoms with Crippen molar-refractivity contribution in [3.8, 4) is 0 Å². The molecule has 0 aliphatic carbocycles. The second kappa shape index (κ2) is 15.1. The lowest BCUT2D eigenvalue weighted by Gasteiger charge is -2.26. The van der Waals surface area contributed by atoms with Crippen LogP contribution < -0.4 is 9.80 Å². The number of hydrogen-bond donors (Lipinski definition) is 0. The highest BCUT2D eigenvalue weighted by Gasteiger charge is 2.21. The Kier molecular flexibility index (Phi) is 8.84. The van der Waals surface area contributed by atoms with Crippen molar-refractivity contribution < 1.29 is 13.3 Å². The van der Waals surface area contributed by atoms with Crippen molar-refractivity contribution in [2.24, 2.45) is 0 Å². The first kappa shape index (κ1) is 39.1. The number of para-hydroxylation sites is 3. The molecule has 0 bridgehead atoms. The Labute approximate surface area is 387 Å². The highest BCUT2D eigenvalue weighted by Crippen LogP contribution is 2.45. The summed E-state index contributed by atoms with van der Waals surface area (Å²) in [6.45, 7) is 8.95. The molecule has 0 amide bonds. The van der Waals surface area contributed by atoms with E-state index in [1.54, 1.807) is 0 Å². The smallest absolute Gasteiger partial charge is 0.159 e. The number of hydrogen-bond acceptors (Lipinski definition) is 5. The summed E-state index contributed by atoms with van der Waals surface area (Å²) in [5.41, 5.74) is 14.1. The van der Waals surface area contributed by atoms with E-state index in [4.69, 9.17) is 13.3 Å². The summed E-state index contributed by atoms with van der Waals surface area (Å²) in [5, 5.41) is 11.0. The van der Waals surface area contributed by atoms with Crippen LogP contribution in [0.4, 0.5) is 34.1 Å². The normalized spacial score (nSPS) is 12.1. The van der Waals surface area contributed by atoms with Gasteiger partial charge in [-0.2, -0.15) is 0 Å². The van der Waals surface area contributed by atoms with Gasteiger partial charge in [0, 0.05) is 66.8 Å². The third kappa shape index (κ3) is 6.45. The molecule has 0 aliphatic rings. The molecule has 0 N–H and O–H groups in total. The molecule has 0 fully saturated rings. The molecule has 322 valence electrons. The van der Waals surface area contributed by atoms with E-state index in [2.05, 4.69) is 219 Å². The van der Waals surface area contributed by atoms with E-state index in [1.165, 1.54) is 11.1 Å². The monoisotopic (exact) mass is 866 g/mol. The largest absolute Gasteiger partial charge is 0.456 e. The van der Waals surface area contributed by atoms with Gasteiger partial charge in [0.1, 0.15) is 27.9 Å². The Balaban J connectivity index is 0.895. The van der Waals surface area contributed by atoms with Crippen LogP contribution in [-0.2, 0) is 0 Å². The summed E-state index contributed by atoms with van der Waals surface area (Å²) in [6, 6.07) is 69.7. The minimum Gasteiger partial charge on any atom is -0.456 e. The van der Waals surface area contributed by atoms with Gasteiger partial charge in [-0.1, -0.05) is 113 Å². The highest BCUT2D eigenvalue weighted by molar-refractivity contribution is 6.19. The van der Waals surface area contributed by atoms with Gasteiger partial charge in [-0.25, -0.2) is 0 Å². The molecule has 5 heteroatoms. The van der Waals surface area contributed by atoms with E-state index in [0.29, 0.717) is 11.8 Å². The number of rotatable bonds is 8. The Bertz CT molecular complexity index is 3990. The number of anilines is 6. The highest BCUT2D eigenvalue weighted by atomic mass is 16.3. The molecule has 0 saturated heterocycles. The minimum atomic E-state index is 0.464. The van der Waals surface area contributed by atoms with Gasteiger partial charge in [0.25, 0.3) is 0 Å². The van der Waals surface area contributed by atoms with Crippen LogP contribution in [0, 0.1) is 0 Å². The molecular formula is C62H46N2O3. The van der Waals surface area contributed by atoms with Gasteiger partial charge in [-0.05, 0) is 148 Å². The fourth-order valence-electron chi connectivity index (χ4n) is 10.2. The van der Waals surface area contributed by atoms with Crippen LogP contribution in [0.5, 0.6) is 0 Å². The molecule has 0 aliphatic heterocycles. The number of nitrogens with zero attached hydrogens (tertiary/aromatic N) is 2. The molecule has 10 aromatic carbocycles. The molecule has 0 radical (unpaired) electrons. The first-order chi connectivity index (χ1) is 32.8. The maximum absolute atomic E-state index is 6.68. The minimum absolute atomic E-state index is 0.464. The standard InChI is InChI=1S/C62H46N2O3/c1-37(2)39-17-23-46(24-18-39)63(47-25-19-40(20-26-47)38(3)4)48-27-21-41-31-52-54-35-55-53-32-42-22-28-49(30-44(42)34-59(53)66-61(55)36-60(54)65-58(52)33-43(41)29-48)64(45-11-6-5-7-12-45)56-15-10-14-51-50-13-8-9-16-57(50)67-62(51)56/h5-38H,1-4H3. The topological polar surface area (TPSA) is 45.9 Å². The van der Waals surface area contributed by atoms with Crippen LogP contribution >= 0.6 is 0 Å². The zero-order valence-corrected chi connectivity index (χ0v) is 37.7. The van der Waals surface area contributed by atoms with E-state index in [1.807, 2.05) is 12.1 Å². The molecule has 0 unspecified atom stereocenters. The second-order valence-corrected chi connectivity index (χ2v) is 18.6. The van der Waals surface area contributed by atoms with E-state index in [-0.39, 0.29) is 0 Å². The van der Waals surface area contributed by atoms with Gasteiger partial charge in [0.15, 0.2) is 5.58 Å². The molecule has 3 aromatic heterocycles. The first-order valence-electron chi connectivity index (χ1n) is 23.3. The van der Waals surface area contributed by atoms with Gasteiger partial charge in [0.2, 0.25) is 0 Å². The van der Waals surface area contributed by atoms with Crippen LogP contribution in [-0.4, -0.2) is 0 Å². The number of furan rings is 3. The molecular weight excluding hydrogens is 821 g/mol.